The summed E-state index contributed by atoms with van der Waals surface area (Å²) in [6, 6.07) is 0.0655. The number of hydrogen-bond acceptors (Lipinski definition) is 3. The van der Waals surface area contributed by atoms with E-state index in [4.69, 9.17) is 0 Å². The molecule has 1 atom stereocenters. The van der Waals surface area contributed by atoms with Gasteiger partial charge in [-0.3, -0.25) is 0 Å². The first-order valence-corrected chi connectivity index (χ1v) is 7.13. The quantitative estimate of drug-likeness (QED) is 0.869. The third-order valence-corrected chi connectivity index (χ3v) is 3.56. The minimum atomic E-state index is -0.0730. The van der Waals surface area contributed by atoms with Crippen molar-refractivity contribution in [1.82, 2.24) is 20.2 Å². The summed E-state index contributed by atoms with van der Waals surface area (Å²) in [5.41, 5.74) is 0. The molecule has 0 spiro atoms. The Morgan fingerprint density at radius 1 is 1.53 bits per heavy atom. The number of rotatable bonds is 3. The lowest BCUT2D eigenvalue weighted by molar-refractivity contribution is 0.167. The topological polar surface area (TPSA) is 58.1 Å². The molecule has 2 rings (SSSR count). The standard InChI is InChI=1S/C13H17BrN4O/c1-2-11-5-3-4-6-18(11)13(19)17-9-12-15-7-10(14)8-16-12/h2,7-8,11H,1,3-6,9H2,(H,17,19). The number of nitrogens with one attached hydrogen (secondary N) is 1. The molecule has 1 aromatic heterocycles. The fourth-order valence-electron chi connectivity index (χ4n) is 2.14. The minimum Gasteiger partial charge on any atom is -0.331 e. The third kappa shape index (κ3) is 3.76. The SMILES string of the molecule is C=CC1CCCCN1C(=O)NCc1ncc(Br)cn1. The van der Waals surface area contributed by atoms with Gasteiger partial charge in [0.25, 0.3) is 0 Å². The van der Waals surface area contributed by atoms with Gasteiger partial charge in [-0.05, 0) is 35.2 Å². The van der Waals surface area contributed by atoms with Crippen LogP contribution in [0.5, 0.6) is 0 Å². The van der Waals surface area contributed by atoms with Gasteiger partial charge in [-0.15, -0.1) is 6.58 Å². The van der Waals surface area contributed by atoms with Crippen molar-refractivity contribution in [3.8, 4) is 0 Å². The van der Waals surface area contributed by atoms with E-state index < -0.39 is 0 Å². The lowest BCUT2D eigenvalue weighted by atomic mass is 10.0. The van der Waals surface area contributed by atoms with Crippen LogP contribution in [-0.4, -0.2) is 33.5 Å². The molecule has 102 valence electrons. The molecule has 5 nitrogen and oxygen atoms in total. The van der Waals surface area contributed by atoms with Gasteiger partial charge < -0.3 is 10.2 Å². The second kappa shape index (κ2) is 6.65. The van der Waals surface area contributed by atoms with E-state index >= 15 is 0 Å². The van der Waals surface area contributed by atoms with Crippen LogP contribution in [0.25, 0.3) is 0 Å². The van der Waals surface area contributed by atoms with Gasteiger partial charge in [0.1, 0.15) is 5.82 Å². The van der Waals surface area contributed by atoms with E-state index in [1.54, 1.807) is 12.4 Å². The molecule has 19 heavy (non-hydrogen) atoms. The van der Waals surface area contributed by atoms with Crippen LogP contribution < -0.4 is 5.32 Å². The molecule has 1 aliphatic rings. The smallest absolute Gasteiger partial charge is 0.318 e. The van der Waals surface area contributed by atoms with Crippen LogP contribution in [0.2, 0.25) is 0 Å². The van der Waals surface area contributed by atoms with Crippen molar-refractivity contribution in [2.45, 2.75) is 31.8 Å². The number of nitrogens with zero attached hydrogens (tertiary/aromatic N) is 3. The van der Waals surface area contributed by atoms with Crippen LogP contribution in [0.1, 0.15) is 25.1 Å². The summed E-state index contributed by atoms with van der Waals surface area (Å²) in [5, 5.41) is 2.85. The lowest BCUT2D eigenvalue weighted by Gasteiger charge is -2.33. The van der Waals surface area contributed by atoms with Crippen LogP contribution in [0.15, 0.2) is 29.5 Å². The van der Waals surface area contributed by atoms with Crippen molar-refractivity contribution in [2.75, 3.05) is 6.54 Å². The summed E-state index contributed by atoms with van der Waals surface area (Å²) in [7, 11) is 0. The van der Waals surface area contributed by atoms with Crippen molar-refractivity contribution in [2.24, 2.45) is 0 Å². The van der Waals surface area contributed by atoms with Gasteiger partial charge in [-0.1, -0.05) is 6.08 Å². The molecule has 0 radical (unpaired) electrons. The highest BCUT2D eigenvalue weighted by atomic mass is 79.9. The van der Waals surface area contributed by atoms with Gasteiger partial charge in [0, 0.05) is 18.9 Å². The molecule has 0 aromatic carbocycles. The fraction of sp³-hybridized carbons (Fsp3) is 0.462. The molecule has 1 saturated heterocycles. The second-order valence-corrected chi connectivity index (χ2v) is 5.38. The molecular weight excluding hydrogens is 308 g/mol. The number of carbonyl (C=O) groups is 1. The molecule has 0 aliphatic carbocycles. The van der Waals surface area contributed by atoms with E-state index in [0.29, 0.717) is 12.4 Å². The fourth-order valence-corrected chi connectivity index (χ4v) is 2.35. The maximum Gasteiger partial charge on any atom is 0.318 e. The Morgan fingerprint density at radius 3 is 2.95 bits per heavy atom. The zero-order valence-electron chi connectivity index (χ0n) is 10.7. The molecule has 1 N–H and O–H groups in total. The van der Waals surface area contributed by atoms with Crippen LogP contribution in [0.3, 0.4) is 0 Å². The molecule has 0 saturated carbocycles. The van der Waals surface area contributed by atoms with Gasteiger partial charge >= 0.3 is 6.03 Å². The molecule has 2 amide bonds. The summed E-state index contributed by atoms with van der Waals surface area (Å²) in [6.07, 6.45) is 8.37. The zero-order valence-corrected chi connectivity index (χ0v) is 12.3. The van der Waals surface area contributed by atoms with E-state index in [0.717, 1.165) is 30.3 Å². The second-order valence-electron chi connectivity index (χ2n) is 4.47. The molecule has 0 bridgehead atoms. The van der Waals surface area contributed by atoms with Crippen molar-refractivity contribution in [3.63, 3.8) is 0 Å². The average Bonchev–Trinajstić information content (AvgIpc) is 2.46. The maximum atomic E-state index is 12.1. The van der Waals surface area contributed by atoms with E-state index in [1.807, 2.05) is 11.0 Å². The van der Waals surface area contributed by atoms with Crippen molar-refractivity contribution in [3.05, 3.63) is 35.3 Å². The van der Waals surface area contributed by atoms with Crippen molar-refractivity contribution in [1.29, 1.82) is 0 Å². The van der Waals surface area contributed by atoms with Gasteiger partial charge in [-0.25, -0.2) is 14.8 Å². The Bertz CT molecular complexity index is 448. The maximum absolute atomic E-state index is 12.1. The number of carbonyl (C=O) groups excluding carboxylic acids is 1. The monoisotopic (exact) mass is 324 g/mol. The highest BCUT2D eigenvalue weighted by Crippen LogP contribution is 2.17. The summed E-state index contributed by atoms with van der Waals surface area (Å²) >= 11 is 3.27. The lowest BCUT2D eigenvalue weighted by Crippen LogP contribution is -2.47. The largest absolute Gasteiger partial charge is 0.331 e. The molecule has 6 heteroatoms. The summed E-state index contributed by atoms with van der Waals surface area (Å²) in [6.45, 7) is 4.91. The average molecular weight is 325 g/mol. The molecule has 1 aromatic rings. The van der Waals surface area contributed by atoms with E-state index in [2.05, 4.69) is 37.8 Å². The summed E-state index contributed by atoms with van der Waals surface area (Å²) < 4.78 is 0.824. The summed E-state index contributed by atoms with van der Waals surface area (Å²) in [5.74, 6) is 0.601. The Hall–Kier alpha value is -1.43. The Morgan fingerprint density at radius 2 is 2.26 bits per heavy atom. The first-order valence-electron chi connectivity index (χ1n) is 6.34. The summed E-state index contributed by atoms with van der Waals surface area (Å²) in [4.78, 5) is 22.2. The highest BCUT2D eigenvalue weighted by Gasteiger charge is 2.24. The van der Waals surface area contributed by atoms with Gasteiger partial charge in [-0.2, -0.15) is 0 Å². The molecule has 2 heterocycles. The molecule has 1 unspecified atom stereocenters. The number of piperidine rings is 1. The number of likely N-dealkylation sites (tertiary alicyclic amines) is 1. The van der Waals surface area contributed by atoms with Crippen LogP contribution in [0, 0.1) is 0 Å². The third-order valence-electron chi connectivity index (χ3n) is 3.15. The number of halogens is 1. The number of hydrogen-bond donors (Lipinski definition) is 1. The predicted molar refractivity (Wildman–Crippen MR) is 76.5 cm³/mol. The van der Waals surface area contributed by atoms with Crippen molar-refractivity contribution < 1.29 is 4.79 Å². The van der Waals surface area contributed by atoms with E-state index in [9.17, 15) is 4.79 Å². The highest BCUT2D eigenvalue weighted by molar-refractivity contribution is 9.10. The van der Waals surface area contributed by atoms with Crippen LogP contribution in [0.4, 0.5) is 4.79 Å². The first kappa shape index (κ1) is 14.0. The van der Waals surface area contributed by atoms with Crippen molar-refractivity contribution >= 4 is 22.0 Å². The Kier molecular flexibility index (Phi) is 4.90. The zero-order chi connectivity index (χ0) is 13.7. The molecule has 1 fully saturated rings. The van der Waals surface area contributed by atoms with E-state index in [-0.39, 0.29) is 12.1 Å². The Labute approximate surface area is 121 Å². The first-order chi connectivity index (χ1) is 9.20. The van der Waals surface area contributed by atoms with Crippen LogP contribution >= 0.6 is 15.9 Å². The molecule has 1 aliphatic heterocycles. The number of urea groups is 1. The van der Waals surface area contributed by atoms with Gasteiger partial charge in [0.15, 0.2) is 0 Å². The van der Waals surface area contributed by atoms with Gasteiger partial charge in [0.05, 0.1) is 17.1 Å². The predicted octanol–water partition coefficient (Wildman–Crippen LogP) is 2.49. The number of amides is 2. The number of aromatic nitrogens is 2. The van der Waals surface area contributed by atoms with Crippen LogP contribution in [-0.2, 0) is 6.54 Å². The van der Waals surface area contributed by atoms with E-state index in [1.165, 1.54) is 0 Å². The minimum absolute atomic E-state index is 0.0730. The normalized spacial score (nSPS) is 19.0. The van der Waals surface area contributed by atoms with Gasteiger partial charge in [0.2, 0.25) is 0 Å². The Balaban J connectivity index is 1.89. The molecular formula is C13H17BrN4O.